The maximum Gasteiger partial charge on any atom is 0.282 e. The lowest BCUT2D eigenvalue weighted by atomic mass is 9.94. The van der Waals surface area contributed by atoms with Gasteiger partial charge in [0.05, 0.1) is 11.7 Å². The number of ether oxygens (including phenoxy) is 1. The molecule has 1 unspecified atom stereocenters. The third-order valence-electron chi connectivity index (χ3n) is 6.14. The van der Waals surface area contributed by atoms with Gasteiger partial charge in [-0.3, -0.25) is 9.78 Å². The molecule has 0 bridgehead atoms. The second-order valence-corrected chi connectivity index (χ2v) is 7.69. The molecule has 1 aromatic heterocycles. The molecule has 5 rings (SSSR count). The molecule has 6 heteroatoms. The second-order valence-electron chi connectivity index (χ2n) is 7.69. The SMILES string of the molecule is CCC(=O)NC1c2cncc(-c3ccc4c(c3)COC(=C=O)N4C)c2[C@@H]2C[C@H]12. The van der Waals surface area contributed by atoms with E-state index >= 15 is 0 Å². The number of nitrogens with zero attached hydrogens (tertiary/aromatic N) is 2. The molecule has 6 nitrogen and oxygen atoms in total. The van der Waals surface area contributed by atoms with Crippen molar-refractivity contribution in [3.8, 4) is 11.1 Å². The molecule has 1 fully saturated rings. The predicted molar refractivity (Wildman–Crippen MR) is 104 cm³/mol. The zero-order valence-electron chi connectivity index (χ0n) is 15.9. The number of fused-ring (bicyclic) bond motifs is 4. The number of anilines is 1. The molecule has 2 aliphatic carbocycles. The number of rotatable bonds is 3. The van der Waals surface area contributed by atoms with E-state index in [-0.39, 0.29) is 17.8 Å². The fraction of sp³-hybridized carbons (Fsp3) is 0.364. The summed E-state index contributed by atoms with van der Waals surface area (Å²) in [5, 5.41) is 3.18. The number of amides is 1. The standard InChI is InChI=1S/C22H21N3O3/c1-3-19(27)24-22-15-7-14(15)21-16(8-23-9-17(21)22)12-4-5-18-13(6-12)11-28-20(10-26)25(18)2/h4-6,8-9,14-15,22H,3,7,11H2,1-2H3,(H,24,27)/t14-,15+,22?/m1/s1. The fourth-order valence-electron chi connectivity index (χ4n) is 4.63. The highest BCUT2D eigenvalue weighted by Crippen LogP contribution is 2.63. The van der Waals surface area contributed by atoms with Crippen molar-refractivity contribution in [1.82, 2.24) is 10.3 Å². The molecule has 0 saturated heterocycles. The van der Waals surface area contributed by atoms with Gasteiger partial charge in [0.15, 0.2) is 5.94 Å². The quantitative estimate of drug-likeness (QED) is 0.835. The summed E-state index contributed by atoms with van der Waals surface area (Å²) in [6.45, 7) is 2.23. The van der Waals surface area contributed by atoms with Crippen LogP contribution in [0.2, 0.25) is 0 Å². The Bertz CT molecular complexity index is 1040. The Morgan fingerprint density at radius 1 is 1.39 bits per heavy atom. The Hall–Kier alpha value is -3.11. The Balaban J connectivity index is 1.55. The number of pyridine rings is 1. The highest BCUT2D eigenvalue weighted by molar-refractivity contribution is 5.79. The number of aromatic nitrogens is 1. The fourth-order valence-corrected chi connectivity index (χ4v) is 4.63. The minimum absolute atomic E-state index is 0.0762. The van der Waals surface area contributed by atoms with E-state index in [1.165, 1.54) is 5.56 Å². The molecular formula is C22H21N3O3. The Morgan fingerprint density at radius 2 is 2.25 bits per heavy atom. The molecule has 2 heterocycles. The van der Waals surface area contributed by atoms with Crippen LogP contribution in [0, 0.1) is 5.92 Å². The Kier molecular flexibility index (Phi) is 3.78. The third-order valence-corrected chi connectivity index (χ3v) is 6.14. The van der Waals surface area contributed by atoms with Gasteiger partial charge >= 0.3 is 0 Å². The second kappa shape index (κ2) is 6.21. The van der Waals surface area contributed by atoms with Gasteiger partial charge in [-0.2, -0.15) is 0 Å². The summed E-state index contributed by atoms with van der Waals surface area (Å²) in [5.41, 5.74) is 6.66. The predicted octanol–water partition coefficient (Wildman–Crippen LogP) is 3.07. The molecule has 1 aliphatic heterocycles. The highest BCUT2D eigenvalue weighted by Gasteiger charge is 2.53. The topological polar surface area (TPSA) is 71.5 Å². The molecule has 142 valence electrons. The van der Waals surface area contributed by atoms with Crippen molar-refractivity contribution in [2.45, 2.75) is 38.3 Å². The molecule has 2 aromatic rings. The first-order chi connectivity index (χ1) is 13.6. The lowest BCUT2D eigenvalue weighted by Crippen LogP contribution is -2.28. The summed E-state index contributed by atoms with van der Waals surface area (Å²) in [5.74, 6) is 3.11. The van der Waals surface area contributed by atoms with E-state index in [1.807, 2.05) is 31.3 Å². The van der Waals surface area contributed by atoms with E-state index in [0.29, 0.717) is 24.9 Å². The van der Waals surface area contributed by atoms with Crippen molar-refractivity contribution in [1.29, 1.82) is 0 Å². The first-order valence-corrected chi connectivity index (χ1v) is 9.64. The van der Waals surface area contributed by atoms with Gasteiger partial charge in [-0.15, -0.1) is 0 Å². The van der Waals surface area contributed by atoms with Crippen LogP contribution in [0.15, 0.2) is 36.5 Å². The van der Waals surface area contributed by atoms with E-state index < -0.39 is 0 Å². The van der Waals surface area contributed by atoms with Crippen molar-refractivity contribution in [2.24, 2.45) is 5.92 Å². The lowest BCUT2D eigenvalue weighted by molar-refractivity contribution is -0.121. The third kappa shape index (κ3) is 2.45. The normalized spacial score (nSPS) is 23.9. The van der Waals surface area contributed by atoms with E-state index in [4.69, 9.17) is 4.74 Å². The van der Waals surface area contributed by atoms with Gasteiger partial charge < -0.3 is 15.0 Å². The van der Waals surface area contributed by atoms with Gasteiger partial charge in [0, 0.05) is 37.0 Å². The summed E-state index contributed by atoms with van der Waals surface area (Å²) in [7, 11) is 1.80. The number of carbonyl (C=O) groups is 1. The van der Waals surface area contributed by atoms with Crippen molar-refractivity contribution < 1.29 is 14.3 Å². The number of nitrogens with one attached hydrogen (secondary N) is 1. The van der Waals surface area contributed by atoms with Gasteiger partial charge in [0.2, 0.25) is 5.91 Å². The number of hydrogen-bond donors (Lipinski definition) is 1. The van der Waals surface area contributed by atoms with Crippen LogP contribution in [0.1, 0.15) is 48.4 Å². The zero-order chi connectivity index (χ0) is 19.4. The van der Waals surface area contributed by atoms with Gasteiger partial charge in [0.25, 0.3) is 5.88 Å². The van der Waals surface area contributed by atoms with Crippen LogP contribution in [0.4, 0.5) is 5.69 Å². The van der Waals surface area contributed by atoms with Crippen LogP contribution in [-0.2, 0) is 20.9 Å². The van der Waals surface area contributed by atoms with Crippen molar-refractivity contribution in [3.05, 3.63) is 53.2 Å². The summed E-state index contributed by atoms with van der Waals surface area (Å²) >= 11 is 0. The molecule has 0 radical (unpaired) electrons. The van der Waals surface area contributed by atoms with E-state index in [1.54, 1.807) is 11.9 Å². The van der Waals surface area contributed by atoms with Crippen LogP contribution in [0.25, 0.3) is 11.1 Å². The van der Waals surface area contributed by atoms with Crippen LogP contribution in [-0.4, -0.2) is 23.9 Å². The van der Waals surface area contributed by atoms with Gasteiger partial charge in [0.1, 0.15) is 6.61 Å². The molecule has 1 saturated carbocycles. The first-order valence-electron chi connectivity index (χ1n) is 9.64. The molecule has 28 heavy (non-hydrogen) atoms. The zero-order valence-corrected chi connectivity index (χ0v) is 15.9. The maximum atomic E-state index is 12.0. The average molecular weight is 375 g/mol. The van der Waals surface area contributed by atoms with Crippen LogP contribution >= 0.6 is 0 Å². The van der Waals surface area contributed by atoms with E-state index in [9.17, 15) is 9.59 Å². The summed E-state index contributed by atoms with van der Waals surface area (Å²) in [4.78, 5) is 29.2. The summed E-state index contributed by atoms with van der Waals surface area (Å²) in [6.07, 6.45) is 5.43. The highest BCUT2D eigenvalue weighted by atomic mass is 16.5. The molecule has 0 spiro atoms. The monoisotopic (exact) mass is 375 g/mol. The average Bonchev–Trinajstić information content (AvgIpc) is 3.45. The van der Waals surface area contributed by atoms with Crippen molar-refractivity contribution in [2.75, 3.05) is 11.9 Å². The summed E-state index contributed by atoms with van der Waals surface area (Å²) in [6, 6.07) is 6.27. The van der Waals surface area contributed by atoms with Crippen LogP contribution in [0.3, 0.4) is 0 Å². The Labute approximate surface area is 163 Å². The minimum Gasteiger partial charge on any atom is -0.466 e. The number of hydrogen-bond acceptors (Lipinski definition) is 5. The Morgan fingerprint density at radius 3 is 3.04 bits per heavy atom. The number of benzene rings is 1. The number of carbonyl (C=O) groups excluding carboxylic acids is 2. The van der Waals surface area contributed by atoms with Crippen molar-refractivity contribution >= 4 is 17.5 Å². The largest absolute Gasteiger partial charge is 0.466 e. The van der Waals surface area contributed by atoms with Gasteiger partial charge in [-0.25, -0.2) is 4.79 Å². The van der Waals surface area contributed by atoms with Gasteiger partial charge in [-0.1, -0.05) is 13.0 Å². The summed E-state index contributed by atoms with van der Waals surface area (Å²) < 4.78 is 5.51. The lowest BCUT2D eigenvalue weighted by Gasteiger charge is -2.28. The maximum absolute atomic E-state index is 12.0. The molecule has 3 aliphatic rings. The van der Waals surface area contributed by atoms with Gasteiger partial charge in [-0.05, 0) is 47.1 Å². The molecular weight excluding hydrogens is 354 g/mol. The molecule has 3 atom stereocenters. The van der Waals surface area contributed by atoms with E-state index in [2.05, 4.69) is 22.4 Å². The van der Waals surface area contributed by atoms with E-state index in [0.717, 1.165) is 34.4 Å². The van der Waals surface area contributed by atoms with Crippen LogP contribution < -0.4 is 10.2 Å². The molecule has 1 amide bonds. The molecule has 1 aromatic carbocycles. The minimum atomic E-state index is 0.0762. The van der Waals surface area contributed by atoms with Crippen molar-refractivity contribution in [3.63, 3.8) is 0 Å². The van der Waals surface area contributed by atoms with Crippen LogP contribution in [0.5, 0.6) is 0 Å². The smallest absolute Gasteiger partial charge is 0.282 e. The molecule has 1 N–H and O–H groups in total. The first kappa shape index (κ1) is 17.0.